The van der Waals surface area contributed by atoms with Crippen LogP contribution in [0.25, 0.3) is 0 Å². The highest BCUT2D eigenvalue weighted by atomic mass is 35.5. The average molecular weight is 378 g/mol. The van der Waals surface area contributed by atoms with Crippen molar-refractivity contribution >= 4 is 28.3 Å². The predicted molar refractivity (Wildman–Crippen MR) is 99.4 cm³/mol. The number of amides is 1. The lowest BCUT2D eigenvalue weighted by molar-refractivity contribution is 0.0953. The third-order valence-electron chi connectivity index (χ3n) is 3.66. The molecule has 1 aromatic carbocycles. The lowest BCUT2D eigenvalue weighted by atomic mass is 10.1. The predicted octanol–water partition coefficient (Wildman–Crippen LogP) is 1.79. The number of carbonyl (C=O) groups excluding carboxylic acids is 1. The van der Waals surface area contributed by atoms with Gasteiger partial charge >= 0.3 is 0 Å². The molecule has 138 valence electrons. The number of nitrogens with one attached hydrogen (secondary N) is 2. The second kappa shape index (κ2) is 10.7. The van der Waals surface area contributed by atoms with Crippen LogP contribution >= 0.6 is 12.4 Å². The minimum Gasteiger partial charge on any atom is -0.352 e. The van der Waals surface area contributed by atoms with E-state index in [0.29, 0.717) is 30.8 Å². The molecule has 6 nitrogen and oxygen atoms in total. The lowest BCUT2D eigenvalue weighted by Gasteiger charge is -2.20. The molecule has 0 saturated heterocycles. The van der Waals surface area contributed by atoms with E-state index in [0.717, 1.165) is 13.0 Å². The molecule has 0 saturated carbocycles. The van der Waals surface area contributed by atoms with Crippen LogP contribution in [0.1, 0.15) is 36.2 Å². The first kappa shape index (κ1) is 22.9. The monoisotopic (exact) mass is 377 g/mol. The van der Waals surface area contributed by atoms with Gasteiger partial charge in [-0.1, -0.05) is 19.9 Å². The van der Waals surface area contributed by atoms with Crippen LogP contribution in [0.3, 0.4) is 0 Å². The summed E-state index contributed by atoms with van der Waals surface area (Å²) in [4.78, 5) is 12.4. The van der Waals surface area contributed by atoms with Gasteiger partial charge in [-0.3, -0.25) is 4.79 Å². The largest absolute Gasteiger partial charge is 0.352 e. The van der Waals surface area contributed by atoms with Crippen LogP contribution in [-0.4, -0.2) is 51.9 Å². The highest BCUT2D eigenvalue weighted by molar-refractivity contribution is 7.89. The first-order chi connectivity index (χ1) is 10.9. The number of hydrogen-bond acceptors (Lipinski definition) is 4. The zero-order valence-corrected chi connectivity index (χ0v) is 16.4. The molecular formula is C16H28ClN3O3S. The van der Waals surface area contributed by atoms with E-state index in [-0.39, 0.29) is 23.2 Å². The molecule has 0 heterocycles. The average Bonchev–Trinajstić information content (AvgIpc) is 2.52. The van der Waals surface area contributed by atoms with Crippen LogP contribution in [0.4, 0.5) is 0 Å². The Hall–Kier alpha value is -1.15. The van der Waals surface area contributed by atoms with Gasteiger partial charge in [0.25, 0.3) is 5.91 Å². The van der Waals surface area contributed by atoms with Crippen molar-refractivity contribution < 1.29 is 13.2 Å². The summed E-state index contributed by atoms with van der Waals surface area (Å²) in [5, 5.41) is 5.81. The Morgan fingerprint density at radius 1 is 1.17 bits per heavy atom. The molecule has 1 aromatic rings. The molecular weight excluding hydrogens is 350 g/mol. The van der Waals surface area contributed by atoms with E-state index in [1.54, 1.807) is 32.9 Å². The minimum atomic E-state index is -3.57. The van der Waals surface area contributed by atoms with Crippen LogP contribution in [0, 0.1) is 6.92 Å². The fraction of sp³-hybridized carbons (Fsp3) is 0.562. The van der Waals surface area contributed by atoms with E-state index in [9.17, 15) is 13.2 Å². The van der Waals surface area contributed by atoms with Crippen molar-refractivity contribution in [1.29, 1.82) is 0 Å². The molecule has 8 heteroatoms. The number of sulfonamides is 1. The van der Waals surface area contributed by atoms with Gasteiger partial charge in [0, 0.05) is 25.2 Å². The van der Waals surface area contributed by atoms with Gasteiger partial charge in [-0.05, 0) is 44.6 Å². The summed E-state index contributed by atoms with van der Waals surface area (Å²) < 4.78 is 26.7. The Bertz CT molecular complexity index is 631. The molecule has 0 radical (unpaired) electrons. The molecule has 0 aliphatic carbocycles. The summed E-state index contributed by atoms with van der Waals surface area (Å²) >= 11 is 0. The Morgan fingerprint density at radius 3 is 2.33 bits per heavy atom. The van der Waals surface area contributed by atoms with Crippen molar-refractivity contribution in [2.45, 2.75) is 32.1 Å². The third kappa shape index (κ3) is 5.73. The molecule has 0 aliphatic rings. The Morgan fingerprint density at radius 2 is 1.79 bits per heavy atom. The molecule has 2 N–H and O–H groups in total. The smallest absolute Gasteiger partial charge is 0.251 e. The van der Waals surface area contributed by atoms with Crippen molar-refractivity contribution in [1.82, 2.24) is 14.9 Å². The molecule has 0 aliphatic heterocycles. The zero-order valence-electron chi connectivity index (χ0n) is 14.8. The van der Waals surface area contributed by atoms with Gasteiger partial charge in [0.1, 0.15) is 0 Å². The molecule has 0 aromatic heterocycles. The number of hydrogen-bond donors (Lipinski definition) is 2. The van der Waals surface area contributed by atoms with Gasteiger partial charge in [-0.15, -0.1) is 12.4 Å². The van der Waals surface area contributed by atoms with Gasteiger partial charge < -0.3 is 10.6 Å². The Labute approximate surface area is 151 Å². The summed E-state index contributed by atoms with van der Waals surface area (Å²) in [5.74, 6) is -0.253. The SMILES string of the molecule is CCN(CC)S(=O)(=O)c1cc(C(=O)NCCCNC)ccc1C.Cl. The maximum absolute atomic E-state index is 12.7. The number of benzene rings is 1. The highest BCUT2D eigenvalue weighted by Crippen LogP contribution is 2.21. The van der Waals surface area contributed by atoms with E-state index in [1.165, 1.54) is 10.4 Å². The number of carbonyl (C=O) groups is 1. The van der Waals surface area contributed by atoms with Crippen molar-refractivity contribution in [2.75, 3.05) is 33.2 Å². The molecule has 0 atom stereocenters. The molecule has 0 fully saturated rings. The molecule has 24 heavy (non-hydrogen) atoms. The van der Waals surface area contributed by atoms with Crippen molar-refractivity contribution in [3.63, 3.8) is 0 Å². The quantitative estimate of drug-likeness (QED) is 0.643. The fourth-order valence-corrected chi connectivity index (χ4v) is 4.00. The first-order valence-corrected chi connectivity index (χ1v) is 9.36. The summed E-state index contributed by atoms with van der Waals surface area (Å²) in [6.07, 6.45) is 0.818. The number of nitrogens with zero attached hydrogens (tertiary/aromatic N) is 1. The van der Waals surface area contributed by atoms with Crippen LogP contribution < -0.4 is 10.6 Å². The molecule has 0 spiro atoms. The second-order valence-electron chi connectivity index (χ2n) is 5.28. The number of rotatable bonds is 9. The van der Waals surface area contributed by atoms with Crippen LogP contribution in [0.2, 0.25) is 0 Å². The molecule has 1 rings (SSSR count). The van der Waals surface area contributed by atoms with Gasteiger partial charge in [-0.25, -0.2) is 8.42 Å². The van der Waals surface area contributed by atoms with Gasteiger partial charge in [0.2, 0.25) is 10.0 Å². The minimum absolute atomic E-state index is 0. The van der Waals surface area contributed by atoms with E-state index in [4.69, 9.17) is 0 Å². The maximum Gasteiger partial charge on any atom is 0.251 e. The van der Waals surface area contributed by atoms with Crippen LogP contribution in [-0.2, 0) is 10.0 Å². The Balaban J connectivity index is 0.00000529. The van der Waals surface area contributed by atoms with E-state index >= 15 is 0 Å². The fourth-order valence-electron chi connectivity index (χ4n) is 2.29. The van der Waals surface area contributed by atoms with Crippen molar-refractivity contribution in [3.8, 4) is 0 Å². The standard InChI is InChI=1S/C16H27N3O3S.ClH/c1-5-19(6-2)23(21,22)15-12-14(9-8-13(15)3)16(20)18-11-7-10-17-4;/h8-9,12,17H,5-7,10-11H2,1-4H3,(H,18,20);1H. The van der Waals surface area contributed by atoms with Crippen LogP contribution in [0.5, 0.6) is 0 Å². The molecule has 1 amide bonds. The third-order valence-corrected chi connectivity index (χ3v) is 5.85. The van der Waals surface area contributed by atoms with Gasteiger partial charge in [0.15, 0.2) is 0 Å². The van der Waals surface area contributed by atoms with E-state index in [2.05, 4.69) is 10.6 Å². The second-order valence-corrected chi connectivity index (χ2v) is 7.19. The normalized spacial score (nSPS) is 11.2. The first-order valence-electron chi connectivity index (χ1n) is 7.92. The summed E-state index contributed by atoms with van der Waals surface area (Å²) in [7, 11) is -1.72. The van der Waals surface area contributed by atoms with Gasteiger partial charge in [-0.2, -0.15) is 4.31 Å². The maximum atomic E-state index is 12.7. The van der Waals surface area contributed by atoms with Crippen molar-refractivity contribution in [2.24, 2.45) is 0 Å². The molecule has 0 unspecified atom stereocenters. The molecule has 0 bridgehead atoms. The number of halogens is 1. The van der Waals surface area contributed by atoms with E-state index < -0.39 is 10.0 Å². The van der Waals surface area contributed by atoms with E-state index in [1.807, 2.05) is 7.05 Å². The zero-order chi connectivity index (χ0) is 17.5. The topological polar surface area (TPSA) is 78.5 Å². The van der Waals surface area contributed by atoms with Gasteiger partial charge in [0.05, 0.1) is 4.90 Å². The number of aryl methyl sites for hydroxylation is 1. The summed E-state index contributed by atoms with van der Waals surface area (Å²) in [5.41, 5.74) is 1.01. The lowest BCUT2D eigenvalue weighted by Crippen LogP contribution is -2.31. The van der Waals surface area contributed by atoms with Crippen LogP contribution in [0.15, 0.2) is 23.1 Å². The summed E-state index contributed by atoms with van der Waals surface area (Å²) in [6.45, 7) is 7.51. The summed E-state index contributed by atoms with van der Waals surface area (Å²) in [6, 6.07) is 4.80. The Kier molecular flexibility index (Phi) is 10.1. The highest BCUT2D eigenvalue weighted by Gasteiger charge is 2.24. The van der Waals surface area contributed by atoms with Crippen molar-refractivity contribution in [3.05, 3.63) is 29.3 Å².